The monoisotopic (exact) mass is 934 g/mol. The second-order valence-electron chi connectivity index (χ2n) is 18.9. The lowest BCUT2D eigenvalue weighted by Gasteiger charge is -2.60. The Morgan fingerprint density at radius 2 is 1.51 bits per heavy atom. The number of carbonyl (C=O) groups is 2. The zero-order valence-corrected chi connectivity index (χ0v) is 41.0. The number of benzene rings is 3. The Morgan fingerprint density at radius 1 is 0.838 bits per heavy atom. The molecule has 1 fully saturated rings. The summed E-state index contributed by atoms with van der Waals surface area (Å²) in [5, 5.41) is 27.9. The minimum atomic E-state index is -1.35. The second kappa shape index (κ2) is 27.9. The van der Waals surface area contributed by atoms with E-state index in [0.29, 0.717) is 50.3 Å². The summed E-state index contributed by atoms with van der Waals surface area (Å²) in [6, 6.07) is 24.7. The topological polar surface area (TPSA) is 139 Å². The van der Waals surface area contributed by atoms with E-state index in [0.717, 1.165) is 79.3 Å². The molecular weight excluding hydrogens is 855 g/mol. The van der Waals surface area contributed by atoms with Crippen LogP contribution in [-0.4, -0.2) is 71.0 Å². The van der Waals surface area contributed by atoms with Crippen LogP contribution in [0.25, 0.3) is 0 Å². The maximum absolute atomic E-state index is 14.9. The minimum Gasteiger partial charge on any atom is -0.459 e. The molecule has 0 unspecified atom stereocenters. The van der Waals surface area contributed by atoms with Crippen LogP contribution >= 0.6 is 0 Å². The molecule has 0 aromatic heterocycles. The number of hydrogen-bond acceptors (Lipinski definition) is 9. The van der Waals surface area contributed by atoms with Gasteiger partial charge in [0.25, 0.3) is 0 Å². The first-order valence-corrected chi connectivity index (χ1v) is 25.9. The third-order valence-corrected chi connectivity index (χ3v) is 14.0. The first-order chi connectivity index (χ1) is 33.4. The van der Waals surface area contributed by atoms with Crippen molar-refractivity contribution in [3.8, 4) is 11.5 Å². The minimum absolute atomic E-state index is 0.0352. The van der Waals surface area contributed by atoms with E-state index in [2.05, 4.69) is 31.8 Å². The molecule has 1 saturated carbocycles. The van der Waals surface area contributed by atoms with Crippen LogP contribution in [-0.2, 0) is 27.5 Å². The first kappa shape index (κ1) is 52.4. The third kappa shape index (κ3) is 14.1. The number of nitrogens with one attached hydrogen (secondary N) is 1. The fourth-order valence-corrected chi connectivity index (χ4v) is 10.8. The highest BCUT2D eigenvalue weighted by molar-refractivity contribution is 6.03. The number of nitrogens with zero attached hydrogens (tertiary/aromatic N) is 2. The average Bonchev–Trinajstić information content (AvgIpc) is 3.36. The lowest BCUT2D eigenvalue weighted by Crippen LogP contribution is -2.70. The van der Waals surface area contributed by atoms with Crippen molar-refractivity contribution < 1.29 is 38.9 Å². The predicted molar refractivity (Wildman–Crippen MR) is 269 cm³/mol. The van der Waals surface area contributed by atoms with Crippen LogP contribution in [0.1, 0.15) is 152 Å². The van der Waals surface area contributed by atoms with E-state index in [4.69, 9.17) is 24.2 Å². The Kier molecular flexibility index (Phi) is 21.5. The fourth-order valence-electron chi connectivity index (χ4n) is 10.8. The summed E-state index contributed by atoms with van der Waals surface area (Å²) in [5.41, 5.74) is 4.57. The van der Waals surface area contributed by atoms with Gasteiger partial charge in [-0.25, -0.2) is 4.79 Å². The van der Waals surface area contributed by atoms with Gasteiger partial charge in [-0.2, -0.15) is 0 Å². The molecule has 0 radical (unpaired) electrons. The lowest BCUT2D eigenvalue weighted by atomic mass is 9.55. The SMILES string of the molecule is C=CCO[C@@]12Oc3ccc(OC(=O)NCc4ccccc4)cc3[C@H]3[C@H](CCCCO)[C@@H](CCCCO)C=C(C(=NOCc4ccccc4)C[C@@H]1N(CCC)C(=O)CCCCCCCCCCC)[C@H]32. The molecule has 0 bridgehead atoms. The van der Waals surface area contributed by atoms with Crippen molar-refractivity contribution in [1.29, 1.82) is 0 Å². The summed E-state index contributed by atoms with van der Waals surface area (Å²) >= 11 is 0. The number of aliphatic hydroxyl groups is 2. The number of aliphatic hydroxyl groups excluding tert-OH is 2. The van der Waals surface area contributed by atoms with Gasteiger partial charge >= 0.3 is 6.09 Å². The summed E-state index contributed by atoms with van der Waals surface area (Å²) in [6.07, 6.45) is 20.1. The molecule has 6 atom stereocenters. The molecule has 3 aromatic rings. The standard InChI is InChI=1S/C57H79N3O8/c1-4-7-8-9-10-11-12-13-20-31-53(63)60(34-5-2)52-40-50(59-66-42-44-27-18-15-19-28-44)48-38-45(29-21-23-35-61)47(30-22-24-36-62)54-49-39-46(67-56(64)58-41-43-25-16-14-17-26-43)32-33-51(49)68-57(52,55(48)54)65-37-6-3/h6,14-19,25-28,32-33,38-39,45,47,52,54-55,61-62H,3-5,7-13,20-24,29-31,34-37,40-42H2,1-2H3,(H,58,64)/t45-,47+,52-,54+,55+,57+/m0/s1. The van der Waals surface area contributed by atoms with Crippen molar-refractivity contribution in [2.75, 3.05) is 26.4 Å². The summed E-state index contributed by atoms with van der Waals surface area (Å²) in [6.45, 7) is 9.92. The smallest absolute Gasteiger partial charge is 0.412 e. The van der Waals surface area contributed by atoms with Crippen LogP contribution in [0.2, 0.25) is 0 Å². The van der Waals surface area contributed by atoms with E-state index in [1.807, 2.05) is 77.7 Å². The van der Waals surface area contributed by atoms with Crippen molar-refractivity contribution in [1.82, 2.24) is 10.2 Å². The van der Waals surface area contributed by atoms with Crippen molar-refractivity contribution >= 4 is 17.7 Å². The summed E-state index contributed by atoms with van der Waals surface area (Å²) in [5.74, 6) is -0.869. The molecule has 6 rings (SSSR count). The molecule has 3 N–H and O–H groups in total. The van der Waals surface area contributed by atoms with Gasteiger partial charge in [-0.05, 0) is 85.3 Å². The van der Waals surface area contributed by atoms with Gasteiger partial charge < -0.3 is 39.5 Å². The molecule has 3 aromatic carbocycles. The molecular formula is C57H79N3O8. The maximum atomic E-state index is 14.9. The van der Waals surface area contributed by atoms with Gasteiger partial charge in [-0.1, -0.05) is 156 Å². The van der Waals surface area contributed by atoms with E-state index in [1.165, 1.54) is 38.5 Å². The van der Waals surface area contributed by atoms with E-state index in [9.17, 15) is 19.8 Å². The number of unbranched alkanes of at least 4 members (excludes halogenated alkanes) is 10. The van der Waals surface area contributed by atoms with Crippen LogP contribution < -0.4 is 14.8 Å². The zero-order chi connectivity index (χ0) is 48.0. The molecule has 0 spiro atoms. The van der Waals surface area contributed by atoms with E-state index >= 15 is 0 Å². The van der Waals surface area contributed by atoms with Gasteiger partial charge in [-0.15, -0.1) is 6.58 Å². The van der Waals surface area contributed by atoms with E-state index in [1.54, 1.807) is 12.1 Å². The van der Waals surface area contributed by atoms with E-state index in [-0.39, 0.29) is 50.1 Å². The second-order valence-corrected chi connectivity index (χ2v) is 18.9. The van der Waals surface area contributed by atoms with E-state index < -0.39 is 23.8 Å². The average molecular weight is 934 g/mol. The van der Waals surface area contributed by atoms with Crippen molar-refractivity contribution in [3.63, 3.8) is 0 Å². The van der Waals surface area contributed by atoms with Crippen LogP contribution in [0.15, 0.2) is 108 Å². The first-order valence-electron chi connectivity index (χ1n) is 25.9. The number of rotatable bonds is 30. The highest BCUT2D eigenvalue weighted by Gasteiger charge is 2.65. The maximum Gasteiger partial charge on any atom is 0.412 e. The largest absolute Gasteiger partial charge is 0.459 e. The number of oxime groups is 1. The Balaban J connectivity index is 1.44. The molecule has 0 saturated heterocycles. The van der Waals surface area contributed by atoms with Crippen LogP contribution in [0.3, 0.4) is 0 Å². The van der Waals surface area contributed by atoms with Gasteiger partial charge in [0.2, 0.25) is 11.7 Å². The summed E-state index contributed by atoms with van der Waals surface area (Å²) in [4.78, 5) is 36.5. The van der Waals surface area contributed by atoms with Crippen molar-refractivity contribution in [2.45, 2.75) is 160 Å². The lowest BCUT2D eigenvalue weighted by molar-refractivity contribution is -0.257. The Hall–Kier alpha value is -4.97. The molecule has 1 aliphatic heterocycles. The molecule has 370 valence electrons. The van der Waals surface area contributed by atoms with Gasteiger partial charge in [0.05, 0.1) is 18.2 Å². The molecule has 11 heteroatoms. The quantitative estimate of drug-likeness (QED) is 0.0341. The Morgan fingerprint density at radius 3 is 2.19 bits per heavy atom. The third-order valence-electron chi connectivity index (χ3n) is 14.0. The summed E-state index contributed by atoms with van der Waals surface area (Å²) < 4.78 is 20.6. The van der Waals surface area contributed by atoms with Gasteiger partial charge in [0.1, 0.15) is 24.1 Å². The number of allylic oxidation sites excluding steroid dienone is 1. The number of ether oxygens (including phenoxy) is 3. The van der Waals surface area contributed by atoms with Gasteiger partial charge in [0.15, 0.2) is 0 Å². The fraction of sp³-hybridized carbons (Fsp3) is 0.561. The van der Waals surface area contributed by atoms with Crippen molar-refractivity contribution in [3.05, 3.63) is 120 Å². The predicted octanol–water partition coefficient (Wildman–Crippen LogP) is 12.0. The highest BCUT2D eigenvalue weighted by atomic mass is 16.7. The Bertz CT molecular complexity index is 2060. The van der Waals surface area contributed by atoms with Crippen molar-refractivity contribution in [2.24, 2.45) is 22.9 Å². The number of carbonyl (C=O) groups excluding carboxylic acids is 2. The summed E-state index contributed by atoms with van der Waals surface area (Å²) in [7, 11) is 0. The zero-order valence-electron chi connectivity index (χ0n) is 41.0. The van der Waals surface area contributed by atoms with Gasteiger partial charge in [0, 0.05) is 50.6 Å². The molecule has 2 aliphatic carbocycles. The normalized spacial score (nSPS) is 22.0. The van der Waals surface area contributed by atoms with Crippen LogP contribution in [0.5, 0.6) is 11.5 Å². The molecule has 1 heterocycles. The van der Waals surface area contributed by atoms with Crippen LogP contribution in [0.4, 0.5) is 4.79 Å². The number of fused-ring (bicyclic) bond motifs is 2. The molecule has 3 aliphatic rings. The molecule has 11 nitrogen and oxygen atoms in total. The molecule has 68 heavy (non-hydrogen) atoms. The van der Waals surface area contributed by atoms with Gasteiger partial charge in [-0.3, -0.25) is 4.79 Å². The number of amides is 2. The molecule has 2 amide bonds. The van der Waals surface area contributed by atoms with Crippen LogP contribution in [0, 0.1) is 17.8 Å². The Labute approximate surface area is 406 Å². The number of hydrogen-bond donors (Lipinski definition) is 3. The highest BCUT2D eigenvalue weighted by Crippen LogP contribution is 2.62.